The molecular formula is C24H25ClN6O3S. The van der Waals surface area contributed by atoms with E-state index in [4.69, 9.17) is 17.3 Å². The normalized spacial score (nSPS) is 18.1. The Morgan fingerprint density at radius 1 is 1.14 bits per heavy atom. The van der Waals surface area contributed by atoms with E-state index in [1.54, 1.807) is 47.3 Å². The SMILES string of the molecule is N#C[C@H]1CCCC[C@H]1n1cc(C(N)=O)c(Nc2ccc(S(=O)(=O)NCc3ccc(Cl)cc3)cc2)n1. The molecule has 1 aliphatic carbocycles. The van der Waals surface area contributed by atoms with Gasteiger partial charge >= 0.3 is 0 Å². The van der Waals surface area contributed by atoms with Crippen molar-refractivity contribution >= 4 is 39.0 Å². The number of carbonyl (C=O) groups excluding carboxylic acids is 1. The Bertz CT molecular complexity index is 1350. The molecule has 1 saturated carbocycles. The molecule has 0 aliphatic heterocycles. The molecule has 1 aliphatic rings. The van der Waals surface area contributed by atoms with Crippen molar-refractivity contribution in [3.05, 3.63) is 70.9 Å². The van der Waals surface area contributed by atoms with Gasteiger partial charge in [-0.05, 0) is 54.8 Å². The summed E-state index contributed by atoms with van der Waals surface area (Å²) in [5.74, 6) is -0.563. The van der Waals surface area contributed by atoms with Crippen LogP contribution in [-0.4, -0.2) is 24.1 Å². The zero-order valence-corrected chi connectivity index (χ0v) is 20.4. The fourth-order valence-electron chi connectivity index (χ4n) is 4.13. The summed E-state index contributed by atoms with van der Waals surface area (Å²) in [6.45, 7) is 0.129. The van der Waals surface area contributed by atoms with Gasteiger partial charge in [0.05, 0.1) is 22.9 Å². The van der Waals surface area contributed by atoms with Gasteiger partial charge in [-0.3, -0.25) is 9.48 Å². The Kier molecular flexibility index (Phi) is 7.40. The summed E-state index contributed by atoms with van der Waals surface area (Å²) >= 11 is 5.86. The smallest absolute Gasteiger partial charge is 0.254 e. The van der Waals surface area contributed by atoms with Crippen molar-refractivity contribution in [2.24, 2.45) is 11.7 Å². The van der Waals surface area contributed by atoms with Gasteiger partial charge < -0.3 is 11.1 Å². The molecule has 0 radical (unpaired) electrons. The van der Waals surface area contributed by atoms with Gasteiger partial charge in [0.15, 0.2) is 5.82 Å². The fraction of sp³-hybridized carbons (Fsp3) is 0.292. The van der Waals surface area contributed by atoms with Crippen LogP contribution in [0.1, 0.15) is 47.6 Å². The number of halogens is 1. The number of nitriles is 1. The maximum absolute atomic E-state index is 12.7. The predicted molar refractivity (Wildman–Crippen MR) is 133 cm³/mol. The molecule has 0 bridgehead atoms. The third-order valence-corrected chi connectivity index (χ3v) is 7.71. The molecule has 0 saturated heterocycles. The van der Waals surface area contributed by atoms with Crippen molar-refractivity contribution in [3.8, 4) is 6.07 Å². The summed E-state index contributed by atoms with van der Waals surface area (Å²) in [5, 5.41) is 17.6. The molecule has 9 nitrogen and oxygen atoms in total. The molecule has 0 spiro atoms. The minimum atomic E-state index is -3.73. The number of nitrogens with zero attached hydrogens (tertiary/aromatic N) is 3. The number of primary amides is 1. The average molecular weight is 513 g/mol. The van der Waals surface area contributed by atoms with Crippen molar-refractivity contribution in [2.75, 3.05) is 5.32 Å². The first kappa shape index (κ1) is 24.7. The Labute approximate surface area is 208 Å². The van der Waals surface area contributed by atoms with Crippen LogP contribution in [0.25, 0.3) is 0 Å². The quantitative estimate of drug-likeness (QED) is 0.414. The number of sulfonamides is 1. The van der Waals surface area contributed by atoms with Crippen LogP contribution in [0.15, 0.2) is 59.6 Å². The molecule has 1 amide bonds. The topological polar surface area (TPSA) is 143 Å². The molecule has 0 unspecified atom stereocenters. The number of carbonyl (C=O) groups is 1. The third kappa shape index (κ3) is 5.82. The molecular weight excluding hydrogens is 488 g/mol. The molecule has 182 valence electrons. The van der Waals surface area contributed by atoms with E-state index in [0.717, 1.165) is 31.2 Å². The summed E-state index contributed by atoms with van der Waals surface area (Å²) in [4.78, 5) is 12.1. The molecule has 2 atom stereocenters. The Morgan fingerprint density at radius 2 is 1.83 bits per heavy atom. The van der Waals surface area contributed by atoms with Crippen LogP contribution in [0.4, 0.5) is 11.5 Å². The van der Waals surface area contributed by atoms with Gasteiger partial charge in [0.2, 0.25) is 10.0 Å². The third-order valence-electron chi connectivity index (χ3n) is 6.04. The fourth-order valence-corrected chi connectivity index (χ4v) is 5.27. The number of rotatable bonds is 8. The zero-order chi connectivity index (χ0) is 25.0. The van der Waals surface area contributed by atoms with E-state index in [2.05, 4.69) is 21.2 Å². The van der Waals surface area contributed by atoms with Crippen LogP contribution in [0, 0.1) is 17.2 Å². The van der Waals surface area contributed by atoms with E-state index < -0.39 is 15.9 Å². The Morgan fingerprint density at radius 3 is 2.49 bits per heavy atom. The molecule has 4 rings (SSSR count). The highest BCUT2D eigenvalue weighted by Gasteiger charge is 2.29. The maximum atomic E-state index is 12.7. The standard InChI is InChI=1S/C24H25ClN6O3S/c25-18-7-5-16(6-8-18)14-28-35(33,34)20-11-9-19(10-12-20)29-24-21(23(27)32)15-31(30-24)22-4-2-1-3-17(22)13-26/h5-12,15,17,22,28H,1-4,14H2,(H2,27,32)(H,29,30)/t17-,22-/m1/s1. The summed E-state index contributed by atoms with van der Waals surface area (Å²) in [6, 6.07) is 15.2. The molecule has 4 N–H and O–H groups in total. The van der Waals surface area contributed by atoms with Crippen LogP contribution in [0.3, 0.4) is 0 Å². The molecule has 3 aromatic rings. The number of aromatic nitrogens is 2. The predicted octanol–water partition coefficient (Wildman–Crippen LogP) is 4.11. The molecule has 1 heterocycles. The van der Waals surface area contributed by atoms with Gasteiger partial charge in [-0.2, -0.15) is 10.4 Å². The molecule has 35 heavy (non-hydrogen) atoms. The number of benzene rings is 2. The minimum absolute atomic E-state index is 0.0942. The number of nitrogens with one attached hydrogen (secondary N) is 2. The number of hydrogen-bond acceptors (Lipinski definition) is 6. The van der Waals surface area contributed by atoms with Crippen LogP contribution in [0.2, 0.25) is 5.02 Å². The number of anilines is 2. The van der Waals surface area contributed by atoms with E-state index in [1.165, 1.54) is 12.1 Å². The maximum Gasteiger partial charge on any atom is 0.254 e. The largest absolute Gasteiger partial charge is 0.365 e. The molecule has 2 aromatic carbocycles. The second-order valence-corrected chi connectivity index (χ2v) is 10.6. The lowest BCUT2D eigenvalue weighted by Crippen LogP contribution is -2.23. The highest BCUT2D eigenvalue weighted by Crippen LogP contribution is 2.34. The molecule has 1 fully saturated rings. The van der Waals surface area contributed by atoms with Crippen LogP contribution < -0.4 is 15.8 Å². The zero-order valence-electron chi connectivity index (χ0n) is 18.8. The number of hydrogen-bond donors (Lipinski definition) is 3. The monoisotopic (exact) mass is 512 g/mol. The van der Waals surface area contributed by atoms with E-state index in [9.17, 15) is 18.5 Å². The van der Waals surface area contributed by atoms with Crippen molar-refractivity contribution in [2.45, 2.75) is 43.2 Å². The number of nitrogens with two attached hydrogens (primary N) is 1. The lowest BCUT2D eigenvalue weighted by Gasteiger charge is -2.26. The summed E-state index contributed by atoms with van der Waals surface area (Å²) in [6.07, 6.45) is 5.14. The average Bonchev–Trinajstić information content (AvgIpc) is 3.28. The minimum Gasteiger partial charge on any atom is -0.365 e. The van der Waals surface area contributed by atoms with E-state index in [1.807, 2.05) is 0 Å². The van der Waals surface area contributed by atoms with Gasteiger partial charge in [-0.25, -0.2) is 13.1 Å². The summed E-state index contributed by atoms with van der Waals surface area (Å²) in [7, 11) is -3.73. The lowest BCUT2D eigenvalue weighted by atomic mass is 9.85. The van der Waals surface area contributed by atoms with Gasteiger partial charge in [0.25, 0.3) is 5.91 Å². The van der Waals surface area contributed by atoms with Crippen LogP contribution >= 0.6 is 11.6 Å². The van der Waals surface area contributed by atoms with Crippen molar-refractivity contribution in [1.82, 2.24) is 14.5 Å². The van der Waals surface area contributed by atoms with Gasteiger partial charge in [0.1, 0.15) is 5.56 Å². The van der Waals surface area contributed by atoms with E-state index in [-0.39, 0.29) is 34.8 Å². The van der Waals surface area contributed by atoms with Crippen molar-refractivity contribution in [1.29, 1.82) is 5.26 Å². The Hall–Kier alpha value is -3.39. The summed E-state index contributed by atoms with van der Waals surface area (Å²) in [5.41, 5.74) is 7.08. The van der Waals surface area contributed by atoms with Gasteiger partial charge in [-0.1, -0.05) is 36.6 Å². The van der Waals surface area contributed by atoms with Crippen molar-refractivity contribution in [3.63, 3.8) is 0 Å². The molecule has 1 aromatic heterocycles. The first-order valence-corrected chi connectivity index (χ1v) is 13.0. The Balaban J connectivity index is 1.49. The highest BCUT2D eigenvalue weighted by atomic mass is 35.5. The van der Waals surface area contributed by atoms with Crippen molar-refractivity contribution < 1.29 is 13.2 Å². The van der Waals surface area contributed by atoms with E-state index in [0.29, 0.717) is 10.7 Å². The van der Waals surface area contributed by atoms with Crippen LogP contribution in [0.5, 0.6) is 0 Å². The second-order valence-electron chi connectivity index (χ2n) is 8.42. The number of amides is 1. The van der Waals surface area contributed by atoms with Gasteiger partial charge in [0, 0.05) is 23.5 Å². The van der Waals surface area contributed by atoms with Crippen LogP contribution in [-0.2, 0) is 16.6 Å². The first-order valence-electron chi connectivity index (χ1n) is 11.2. The molecule has 11 heteroatoms. The van der Waals surface area contributed by atoms with Gasteiger partial charge in [-0.15, -0.1) is 0 Å². The van der Waals surface area contributed by atoms with E-state index >= 15 is 0 Å². The second kappa shape index (κ2) is 10.5. The lowest BCUT2D eigenvalue weighted by molar-refractivity contribution is 0.100. The highest BCUT2D eigenvalue weighted by molar-refractivity contribution is 7.89. The first-order chi connectivity index (χ1) is 16.8. The summed E-state index contributed by atoms with van der Waals surface area (Å²) < 4.78 is 29.5.